The lowest BCUT2D eigenvalue weighted by molar-refractivity contribution is 0.140. The Bertz CT molecular complexity index is 132. The van der Waals surface area contributed by atoms with E-state index in [0.717, 1.165) is 19.6 Å². The molecule has 64 valence electrons. The third-order valence-corrected chi connectivity index (χ3v) is 2.56. The summed E-state index contributed by atoms with van der Waals surface area (Å²) >= 11 is 0. The Kier molecular flexibility index (Phi) is 2.11. The Hall–Kier alpha value is -0.120. The van der Waals surface area contributed by atoms with E-state index in [0.29, 0.717) is 12.0 Å². The molecular formula is C8H16N2O. The van der Waals surface area contributed by atoms with Crippen molar-refractivity contribution in [3.8, 4) is 0 Å². The summed E-state index contributed by atoms with van der Waals surface area (Å²) in [5.74, 6) is 0.607. The fourth-order valence-corrected chi connectivity index (χ4v) is 1.37. The van der Waals surface area contributed by atoms with Crippen LogP contribution in [0.25, 0.3) is 0 Å². The molecule has 1 heterocycles. The molecule has 1 unspecified atom stereocenters. The molecule has 0 aromatic carbocycles. The highest BCUT2D eigenvalue weighted by Crippen LogP contribution is 2.32. The Morgan fingerprint density at radius 2 is 2.18 bits per heavy atom. The quantitative estimate of drug-likeness (QED) is 0.505. The van der Waals surface area contributed by atoms with E-state index in [-0.39, 0.29) is 6.10 Å². The Morgan fingerprint density at radius 1 is 1.45 bits per heavy atom. The van der Waals surface area contributed by atoms with Crippen molar-refractivity contribution in [2.45, 2.75) is 25.0 Å². The molecule has 0 bridgehead atoms. The number of aliphatic hydroxyl groups is 1. The van der Waals surface area contributed by atoms with Crippen molar-refractivity contribution < 1.29 is 5.11 Å². The van der Waals surface area contributed by atoms with Crippen LogP contribution in [0.1, 0.15) is 12.8 Å². The van der Waals surface area contributed by atoms with E-state index in [1.807, 2.05) is 0 Å². The van der Waals surface area contributed by atoms with Gasteiger partial charge in [-0.1, -0.05) is 0 Å². The van der Waals surface area contributed by atoms with Gasteiger partial charge in [-0.3, -0.25) is 0 Å². The number of rotatable bonds is 4. The highest BCUT2D eigenvalue weighted by molar-refractivity contribution is 4.86. The molecule has 3 heteroatoms. The Balaban J connectivity index is 1.57. The van der Waals surface area contributed by atoms with Crippen molar-refractivity contribution in [3.63, 3.8) is 0 Å². The molecule has 0 aromatic heterocycles. The zero-order chi connectivity index (χ0) is 7.68. The van der Waals surface area contributed by atoms with E-state index in [9.17, 15) is 5.11 Å². The molecular weight excluding hydrogens is 140 g/mol. The first-order chi connectivity index (χ1) is 5.36. The average molecular weight is 156 g/mol. The van der Waals surface area contributed by atoms with Gasteiger partial charge in [-0.05, 0) is 18.8 Å². The van der Waals surface area contributed by atoms with Gasteiger partial charge in [-0.15, -0.1) is 0 Å². The van der Waals surface area contributed by atoms with E-state index >= 15 is 0 Å². The molecule has 1 saturated heterocycles. The van der Waals surface area contributed by atoms with E-state index in [2.05, 4.69) is 10.6 Å². The van der Waals surface area contributed by atoms with Crippen LogP contribution in [0.3, 0.4) is 0 Å². The molecule has 3 N–H and O–H groups in total. The minimum absolute atomic E-state index is 0.0874. The Labute approximate surface area is 67.2 Å². The molecule has 0 spiro atoms. The lowest BCUT2D eigenvalue weighted by Crippen LogP contribution is -2.56. The summed E-state index contributed by atoms with van der Waals surface area (Å²) in [6.45, 7) is 2.92. The van der Waals surface area contributed by atoms with Crippen LogP contribution in [0.15, 0.2) is 0 Å². The number of hydrogen-bond donors (Lipinski definition) is 3. The fourth-order valence-electron chi connectivity index (χ4n) is 1.37. The van der Waals surface area contributed by atoms with Crippen LogP contribution in [0.2, 0.25) is 0 Å². The number of nitrogens with one attached hydrogen (secondary N) is 2. The molecule has 1 aliphatic heterocycles. The molecule has 2 aliphatic rings. The first-order valence-electron chi connectivity index (χ1n) is 4.48. The predicted octanol–water partition coefficient (Wildman–Crippen LogP) is -0.681. The zero-order valence-corrected chi connectivity index (χ0v) is 6.71. The van der Waals surface area contributed by atoms with E-state index in [1.54, 1.807) is 0 Å². The third-order valence-electron chi connectivity index (χ3n) is 2.56. The molecule has 2 rings (SSSR count). The smallest absolute Gasteiger partial charge is 0.0692 e. The molecule has 0 aromatic rings. The van der Waals surface area contributed by atoms with Crippen molar-refractivity contribution >= 4 is 0 Å². The fraction of sp³-hybridized carbons (Fsp3) is 1.00. The lowest BCUT2D eigenvalue weighted by atomic mass is 10.1. The normalized spacial score (nSPS) is 28.1. The lowest BCUT2D eigenvalue weighted by Gasteiger charge is -2.29. The van der Waals surface area contributed by atoms with Gasteiger partial charge in [0, 0.05) is 25.7 Å². The number of aliphatic hydroxyl groups excluding tert-OH is 1. The predicted molar refractivity (Wildman–Crippen MR) is 43.4 cm³/mol. The third kappa shape index (κ3) is 1.92. The largest absolute Gasteiger partial charge is 0.392 e. The van der Waals surface area contributed by atoms with Crippen molar-refractivity contribution in [1.82, 2.24) is 10.6 Å². The maximum atomic E-state index is 9.47. The van der Waals surface area contributed by atoms with Gasteiger partial charge in [0.25, 0.3) is 0 Å². The van der Waals surface area contributed by atoms with Crippen LogP contribution in [-0.4, -0.2) is 36.9 Å². The van der Waals surface area contributed by atoms with Crippen molar-refractivity contribution in [2.24, 2.45) is 5.92 Å². The average Bonchev–Trinajstić information content (AvgIpc) is 2.64. The highest BCUT2D eigenvalue weighted by atomic mass is 16.3. The van der Waals surface area contributed by atoms with Gasteiger partial charge < -0.3 is 15.7 Å². The number of hydrogen-bond acceptors (Lipinski definition) is 3. The maximum Gasteiger partial charge on any atom is 0.0692 e. The van der Waals surface area contributed by atoms with E-state index in [4.69, 9.17) is 0 Å². The van der Waals surface area contributed by atoms with Gasteiger partial charge >= 0.3 is 0 Å². The van der Waals surface area contributed by atoms with Crippen LogP contribution in [0.5, 0.6) is 0 Å². The van der Waals surface area contributed by atoms with E-state index in [1.165, 1.54) is 12.8 Å². The standard InChI is InChI=1S/C8H16N2O/c11-8(6-1-2-6)5-10-7-3-9-4-7/h6-11H,1-5H2. The van der Waals surface area contributed by atoms with Crippen LogP contribution < -0.4 is 10.6 Å². The Morgan fingerprint density at radius 3 is 2.64 bits per heavy atom. The monoisotopic (exact) mass is 156 g/mol. The maximum absolute atomic E-state index is 9.47. The molecule has 1 atom stereocenters. The van der Waals surface area contributed by atoms with Crippen LogP contribution >= 0.6 is 0 Å². The van der Waals surface area contributed by atoms with Crippen LogP contribution in [-0.2, 0) is 0 Å². The first kappa shape index (κ1) is 7.53. The van der Waals surface area contributed by atoms with Gasteiger partial charge in [-0.25, -0.2) is 0 Å². The van der Waals surface area contributed by atoms with Crippen LogP contribution in [0.4, 0.5) is 0 Å². The topological polar surface area (TPSA) is 44.3 Å². The molecule has 0 amide bonds. The second-order valence-corrected chi connectivity index (χ2v) is 3.67. The molecule has 3 nitrogen and oxygen atoms in total. The molecule has 0 radical (unpaired) electrons. The van der Waals surface area contributed by atoms with Gasteiger partial charge in [-0.2, -0.15) is 0 Å². The van der Waals surface area contributed by atoms with Crippen LogP contribution in [0, 0.1) is 5.92 Å². The summed E-state index contributed by atoms with van der Waals surface area (Å²) < 4.78 is 0. The minimum atomic E-state index is -0.0874. The minimum Gasteiger partial charge on any atom is -0.392 e. The van der Waals surface area contributed by atoms with Crippen molar-refractivity contribution in [2.75, 3.05) is 19.6 Å². The van der Waals surface area contributed by atoms with Gasteiger partial charge in [0.2, 0.25) is 0 Å². The van der Waals surface area contributed by atoms with Gasteiger partial charge in [0.15, 0.2) is 0 Å². The van der Waals surface area contributed by atoms with Gasteiger partial charge in [0.05, 0.1) is 6.10 Å². The summed E-state index contributed by atoms with van der Waals surface area (Å²) in [4.78, 5) is 0. The molecule has 1 saturated carbocycles. The summed E-state index contributed by atoms with van der Waals surface area (Å²) in [7, 11) is 0. The molecule has 2 fully saturated rings. The summed E-state index contributed by atoms with van der Waals surface area (Å²) in [5, 5.41) is 16.0. The zero-order valence-electron chi connectivity index (χ0n) is 6.71. The van der Waals surface area contributed by atoms with Gasteiger partial charge in [0.1, 0.15) is 0 Å². The van der Waals surface area contributed by atoms with Crippen molar-refractivity contribution in [3.05, 3.63) is 0 Å². The second-order valence-electron chi connectivity index (χ2n) is 3.67. The SMILES string of the molecule is OC(CNC1CNC1)C1CC1. The van der Waals surface area contributed by atoms with E-state index < -0.39 is 0 Å². The molecule has 1 aliphatic carbocycles. The molecule has 11 heavy (non-hydrogen) atoms. The first-order valence-corrected chi connectivity index (χ1v) is 4.48. The summed E-state index contributed by atoms with van der Waals surface area (Å²) in [6, 6.07) is 0.614. The second kappa shape index (κ2) is 3.09. The van der Waals surface area contributed by atoms with Crippen molar-refractivity contribution in [1.29, 1.82) is 0 Å². The summed E-state index contributed by atoms with van der Waals surface area (Å²) in [5.41, 5.74) is 0. The highest BCUT2D eigenvalue weighted by Gasteiger charge is 2.30. The summed E-state index contributed by atoms with van der Waals surface area (Å²) in [6.07, 6.45) is 2.37.